The summed E-state index contributed by atoms with van der Waals surface area (Å²) >= 11 is 4.82. The molecule has 2 aromatic rings. The monoisotopic (exact) mass is 314 g/mol. The standard InChI is InChI=1S/C16H18N4OS/c1-10-6-5-7-11(2)14(10)19-20-15(21)12-8-3-4-9-13(12)18-16(17)22/h3-9,19H,1-2H3,(H,20,21)(H3,17,18,22). The van der Waals surface area contributed by atoms with Crippen LogP contribution in [0.15, 0.2) is 42.5 Å². The summed E-state index contributed by atoms with van der Waals surface area (Å²) in [5.74, 6) is -0.276. The third-order valence-electron chi connectivity index (χ3n) is 3.21. The Morgan fingerprint density at radius 2 is 1.68 bits per heavy atom. The van der Waals surface area contributed by atoms with Crippen LogP contribution in [-0.2, 0) is 0 Å². The molecule has 0 aliphatic carbocycles. The SMILES string of the molecule is Cc1cccc(C)c1NNC(=O)c1ccccc1NC(N)=S. The largest absolute Gasteiger partial charge is 0.376 e. The highest BCUT2D eigenvalue weighted by Crippen LogP contribution is 2.19. The van der Waals surface area contributed by atoms with Crippen molar-refractivity contribution in [1.82, 2.24) is 5.43 Å². The molecule has 0 spiro atoms. The summed E-state index contributed by atoms with van der Waals surface area (Å²) in [6.07, 6.45) is 0. The maximum Gasteiger partial charge on any atom is 0.271 e. The predicted molar refractivity (Wildman–Crippen MR) is 93.9 cm³/mol. The molecule has 0 aliphatic heterocycles. The van der Waals surface area contributed by atoms with E-state index in [1.165, 1.54) is 0 Å². The molecule has 2 aromatic carbocycles. The Labute approximate surface area is 134 Å². The van der Waals surface area contributed by atoms with Crippen LogP contribution in [0.25, 0.3) is 0 Å². The summed E-state index contributed by atoms with van der Waals surface area (Å²) in [6.45, 7) is 3.95. The summed E-state index contributed by atoms with van der Waals surface area (Å²) in [7, 11) is 0. The molecule has 1 amide bonds. The van der Waals surface area contributed by atoms with Gasteiger partial charge in [-0.3, -0.25) is 15.6 Å². The molecule has 0 bridgehead atoms. The number of para-hydroxylation sites is 2. The van der Waals surface area contributed by atoms with Gasteiger partial charge >= 0.3 is 0 Å². The lowest BCUT2D eigenvalue weighted by atomic mass is 10.1. The van der Waals surface area contributed by atoms with Crippen molar-refractivity contribution in [2.75, 3.05) is 10.7 Å². The number of anilines is 2. The lowest BCUT2D eigenvalue weighted by Crippen LogP contribution is -2.31. The number of nitrogens with one attached hydrogen (secondary N) is 3. The number of carbonyl (C=O) groups excluding carboxylic acids is 1. The molecule has 0 fully saturated rings. The van der Waals surface area contributed by atoms with Crippen molar-refractivity contribution in [2.45, 2.75) is 13.8 Å². The Hall–Kier alpha value is -2.60. The summed E-state index contributed by atoms with van der Waals surface area (Å²) in [6, 6.07) is 12.9. The minimum absolute atomic E-state index is 0.114. The molecule has 6 heteroatoms. The van der Waals surface area contributed by atoms with Gasteiger partial charge in [-0.05, 0) is 49.3 Å². The van der Waals surface area contributed by atoms with Crippen molar-refractivity contribution in [1.29, 1.82) is 0 Å². The zero-order valence-electron chi connectivity index (χ0n) is 12.4. The number of rotatable bonds is 4. The first-order valence-electron chi connectivity index (χ1n) is 6.77. The lowest BCUT2D eigenvalue weighted by Gasteiger charge is -2.15. The van der Waals surface area contributed by atoms with Gasteiger partial charge in [0.05, 0.1) is 16.9 Å². The molecular formula is C16H18N4OS. The molecule has 0 radical (unpaired) electrons. The van der Waals surface area contributed by atoms with E-state index in [-0.39, 0.29) is 11.0 Å². The Bertz CT molecular complexity index is 695. The predicted octanol–water partition coefficient (Wildman–Crippen LogP) is 2.72. The van der Waals surface area contributed by atoms with Gasteiger partial charge in [-0.1, -0.05) is 30.3 Å². The van der Waals surface area contributed by atoms with E-state index in [2.05, 4.69) is 16.2 Å². The number of nitrogens with two attached hydrogens (primary N) is 1. The molecule has 5 N–H and O–H groups in total. The summed E-state index contributed by atoms with van der Waals surface area (Å²) in [4.78, 5) is 12.3. The first-order valence-corrected chi connectivity index (χ1v) is 7.18. The number of carbonyl (C=O) groups is 1. The van der Waals surface area contributed by atoms with Gasteiger partial charge in [-0.25, -0.2) is 0 Å². The summed E-state index contributed by atoms with van der Waals surface area (Å²) in [5.41, 5.74) is 15.1. The molecule has 0 saturated carbocycles. The van der Waals surface area contributed by atoms with Crippen LogP contribution >= 0.6 is 12.2 Å². The van der Waals surface area contributed by atoms with Gasteiger partial charge in [0.1, 0.15) is 0 Å². The van der Waals surface area contributed by atoms with Crippen molar-refractivity contribution in [2.24, 2.45) is 5.73 Å². The Kier molecular flexibility index (Phi) is 4.95. The fraction of sp³-hybridized carbons (Fsp3) is 0.125. The van der Waals surface area contributed by atoms with Gasteiger partial charge in [-0.2, -0.15) is 0 Å². The number of thiocarbonyl (C=S) groups is 1. The lowest BCUT2D eigenvalue weighted by molar-refractivity contribution is 0.0963. The molecule has 22 heavy (non-hydrogen) atoms. The van der Waals surface area contributed by atoms with Crippen LogP contribution in [-0.4, -0.2) is 11.0 Å². The summed E-state index contributed by atoms with van der Waals surface area (Å²) < 4.78 is 0. The Balaban J connectivity index is 2.15. The second-order valence-electron chi connectivity index (χ2n) is 4.88. The fourth-order valence-electron chi connectivity index (χ4n) is 2.12. The van der Waals surface area contributed by atoms with Crippen molar-refractivity contribution >= 4 is 34.6 Å². The van der Waals surface area contributed by atoms with Crippen molar-refractivity contribution < 1.29 is 4.79 Å². The second-order valence-corrected chi connectivity index (χ2v) is 5.32. The van der Waals surface area contributed by atoms with Gasteiger partial charge in [-0.15, -0.1) is 0 Å². The molecule has 0 saturated heterocycles. The molecular weight excluding hydrogens is 296 g/mol. The molecule has 0 aliphatic rings. The number of hydrogen-bond acceptors (Lipinski definition) is 3. The third kappa shape index (κ3) is 3.73. The van der Waals surface area contributed by atoms with Crippen LogP contribution in [0.5, 0.6) is 0 Å². The van der Waals surface area contributed by atoms with E-state index in [0.717, 1.165) is 16.8 Å². The van der Waals surface area contributed by atoms with E-state index in [4.69, 9.17) is 18.0 Å². The smallest absolute Gasteiger partial charge is 0.271 e. The van der Waals surface area contributed by atoms with E-state index in [1.807, 2.05) is 32.0 Å². The topological polar surface area (TPSA) is 79.2 Å². The first-order chi connectivity index (χ1) is 10.5. The van der Waals surface area contributed by atoms with Crippen LogP contribution < -0.4 is 21.9 Å². The molecule has 0 heterocycles. The zero-order valence-corrected chi connectivity index (χ0v) is 13.3. The average Bonchev–Trinajstić information content (AvgIpc) is 2.46. The minimum atomic E-state index is -0.276. The molecule has 0 aromatic heterocycles. The number of hydrogen-bond donors (Lipinski definition) is 4. The van der Waals surface area contributed by atoms with Crippen molar-refractivity contribution in [3.63, 3.8) is 0 Å². The Morgan fingerprint density at radius 3 is 2.32 bits per heavy atom. The van der Waals surface area contributed by atoms with E-state index in [0.29, 0.717) is 11.3 Å². The van der Waals surface area contributed by atoms with Crippen LogP contribution in [0, 0.1) is 13.8 Å². The van der Waals surface area contributed by atoms with Gasteiger partial charge in [0.25, 0.3) is 5.91 Å². The minimum Gasteiger partial charge on any atom is -0.376 e. The fourth-order valence-corrected chi connectivity index (χ4v) is 2.23. The van der Waals surface area contributed by atoms with Crippen molar-refractivity contribution in [3.8, 4) is 0 Å². The maximum absolute atomic E-state index is 12.3. The van der Waals surface area contributed by atoms with Crippen LogP contribution in [0.3, 0.4) is 0 Å². The van der Waals surface area contributed by atoms with Crippen molar-refractivity contribution in [3.05, 3.63) is 59.2 Å². The molecule has 0 unspecified atom stereocenters. The van der Waals surface area contributed by atoms with E-state index in [9.17, 15) is 4.79 Å². The third-order valence-corrected chi connectivity index (χ3v) is 3.31. The molecule has 2 rings (SSSR count). The number of hydrazine groups is 1. The molecule has 5 nitrogen and oxygen atoms in total. The number of aryl methyl sites for hydroxylation is 2. The normalized spacial score (nSPS) is 9.91. The van der Waals surface area contributed by atoms with Crippen LogP contribution in [0.2, 0.25) is 0 Å². The van der Waals surface area contributed by atoms with E-state index in [1.54, 1.807) is 24.3 Å². The van der Waals surface area contributed by atoms with Crippen LogP contribution in [0.4, 0.5) is 11.4 Å². The number of benzene rings is 2. The van der Waals surface area contributed by atoms with Gasteiger partial charge in [0.2, 0.25) is 0 Å². The number of amides is 1. The van der Waals surface area contributed by atoms with Gasteiger partial charge < -0.3 is 11.1 Å². The van der Waals surface area contributed by atoms with Gasteiger partial charge in [0.15, 0.2) is 5.11 Å². The van der Waals surface area contributed by atoms with E-state index >= 15 is 0 Å². The molecule has 114 valence electrons. The Morgan fingerprint density at radius 1 is 1.05 bits per heavy atom. The molecule has 0 atom stereocenters. The average molecular weight is 314 g/mol. The summed E-state index contributed by atoms with van der Waals surface area (Å²) in [5, 5.41) is 2.91. The highest BCUT2D eigenvalue weighted by Gasteiger charge is 2.11. The zero-order chi connectivity index (χ0) is 16.1. The first kappa shape index (κ1) is 15.8. The van der Waals surface area contributed by atoms with E-state index < -0.39 is 0 Å². The maximum atomic E-state index is 12.3. The van der Waals surface area contributed by atoms with Gasteiger partial charge in [0, 0.05) is 0 Å². The highest BCUT2D eigenvalue weighted by molar-refractivity contribution is 7.80. The second kappa shape index (κ2) is 6.91. The quantitative estimate of drug-likeness (QED) is 0.515. The van der Waals surface area contributed by atoms with Crippen LogP contribution in [0.1, 0.15) is 21.5 Å². The highest BCUT2D eigenvalue weighted by atomic mass is 32.1.